The van der Waals surface area contributed by atoms with Crippen LogP contribution in [0.15, 0.2) is 44.9 Å². The van der Waals surface area contributed by atoms with E-state index in [0.717, 1.165) is 4.57 Å². The maximum absolute atomic E-state index is 12.8. The number of carbonyl (C=O) groups excluding carboxylic acids is 2. The minimum Gasteiger partial charge on any atom is -0.380 e. The number of aromatic nitrogens is 3. The van der Waals surface area contributed by atoms with Gasteiger partial charge in [-0.2, -0.15) is 0 Å². The SMILES string of the molecule is COCc1cnc2c(c1SCC(=O)Nc1ccc(C(C)=O)cc1)c(=O)n(C)c(=O)n2C. The number of amides is 1. The van der Waals surface area contributed by atoms with Crippen LogP contribution in [0.1, 0.15) is 22.8 Å². The normalized spacial score (nSPS) is 11.0. The summed E-state index contributed by atoms with van der Waals surface area (Å²) < 4.78 is 7.53. The highest BCUT2D eigenvalue weighted by molar-refractivity contribution is 8.00. The van der Waals surface area contributed by atoms with Gasteiger partial charge in [-0.3, -0.25) is 23.5 Å². The fourth-order valence-electron chi connectivity index (χ4n) is 3.09. The maximum atomic E-state index is 12.8. The van der Waals surface area contributed by atoms with Crippen molar-refractivity contribution in [3.63, 3.8) is 0 Å². The third-order valence-corrected chi connectivity index (χ3v) is 5.88. The smallest absolute Gasteiger partial charge is 0.332 e. The van der Waals surface area contributed by atoms with E-state index in [2.05, 4.69) is 10.3 Å². The van der Waals surface area contributed by atoms with E-state index in [4.69, 9.17) is 4.74 Å². The van der Waals surface area contributed by atoms with E-state index in [0.29, 0.717) is 21.7 Å². The molecule has 0 saturated heterocycles. The first-order chi connectivity index (χ1) is 14.7. The number of nitrogens with zero attached hydrogens (tertiary/aromatic N) is 3. The molecule has 31 heavy (non-hydrogen) atoms. The second-order valence-corrected chi connectivity index (χ2v) is 7.91. The molecule has 3 aromatic rings. The third-order valence-electron chi connectivity index (χ3n) is 4.72. The molecule has 0 spiro atoms. The van der Waals surface area contributed by atoms with Crippen LogP contribution in [-0.2, 0) is 30.2 Å². The Hall–Kier alpha value is -3.24. The van der Waals surface area contributed by atoms with E-state index < -0.39 is 11.2 Å². The van der Waals surface area contributed by atoms with Crippen LogP contribution >= 0.6 is 11.8 Å². The van der Waals surface area contributed by atoms with E-state index >= 15 is 0 Å². The molecular weight excluding hydrogens is 420 g/mol. The summed E-state index contributed by atoms with van der Waals surface area (Å²) in [5.74, 6) is -0.314. The van der Waals surface area contributed by atoms with Crippen LogP contribution in [0.5, 0.6) is 0 Å². The van der Waals surface area contributed by atoms with Crippen molar-refractivity contribution in [3.8, 4) is 0 Å². The number of methoxy groups -OCH3 is 1. The number of hydrogen-bond donors (Lipinski definition) is 1. The molecule has 0 bridgehead atoms. The van der Waals surface area contributed by atoms with Gasteiger partial charge in [0, 0.05) is 49.1 Å². The number of ether oxygens (including phenoxy) is 1. The van der Waals surface area contributed by atoms with E-state index in [1.54, 1.807) is 37.5 Å². The van der Waals surface area contributed by atoms with Gasteiger partial charge in [-0.25, -0.2) is 9.78 Å². The Morgan fingerprint density at radius 2 is 1.81 bits per heavy atom. The van der Waals surface area contributed by atoms with Crippen LogP contribution in [0.3, 0.4) is 0 Å². The van der Waals surface area contributed by atoms with Crippen LogP contribution < -0.4 is 16.6 Å². The Bertz CT molecular complexity index is 1280. The molecule has 0 aliphatic heterocycles. The number of Topliss-reactive ketones (excluding diaryl/α,β-unsaturated/α-hetero) is 1. The van der Waals surface area contributed by atoms with Crippen molar-refractivity contribution < 1.29 is 14.3 Å². The van der Waals surface area contributed by atoms with Crippen LogP contribution in [-0.4, -0.2) is 38.7 Å². The molecule has 3 rings (SSSR count). The number of ketones is 1. The number of nitrogens with one attached hydrogen (secondary N) is 1. The lowest BCUT2D eigenvalue weighted by Gasteiger charge is -2.14. The predicted molar refractivity (Wildman–Crippen MR) is 119 cm³/mol. The molecule has 0 aliphatic rings. The number of thioether (sulfide) groups is 1. The Balaban J connectivity index is 1.91. The van der Waals surface area contributed by atoms with Crippen molar-refractivity contribution in [2.45, 2.75) is 18.4 Å². The number of aryl methyl sites for hydroxylation is 1. The lowest BCUT2D eigenvalue weighted by Crippen LogP contribution is -2.37. The number of pyridine rings is 1. The van der Waals surface area contributed by atoms with Gasteiger partial charge in [-0.05, 0) is 31.2 Å². The fraction of sp³-hybridized carbons (Fsp3) is 0.286. The predicted octanol–water partition coefficient (Wildman–Crippen LogP) is 1.71. The Kier molecular flexibility index (Phi) is 6.71. The summed E-state index contributed by atoms with van der Waals surface area (Å²) in [5.41, 5.74) is 1.05. The molecule has 1 amide bonds. The molecule has 0 unspecified atom stereocenters. The topological polar surface area (TPSA) is 112 Å². The summed E-state index contributed by atoms with van der Waals surface area (Å²) in [7, 11) is 4.47. The van der Waals surface area contributed by atoms with Gasteiger partial charge in [-0.1, -0.05) is 0 Å². The fourth-order valence-corrected chi connectivity index (χ4v) is 4.06. The van der Waals surface area contributed by atoms with Gasteiger partial charge in [0.2, 0.25) is 5.91 Å². The quantitative estimate of drug-likeness (QED) is 0.438. The van der Waals surface area contributed by atoms with E-state index in [-0.39, 0.29) is 35.1 Å². The summed E-state index contributed by atoms with van der Waals surface area (Å²) in [6.45, 7) is 1.67. The number of fused-ring (bicyclic) bond motifs is 1. The molecule has 1 N–H and O–H groups in total. The lowest BCUT2D eigenvalue weighted by atomic mass is 10.1. The van der Waals surface area contributed by atoms with Crippen molar-refractivity contribution in [3.05, 3.63) is 62.4 Å². The molecule has 0 aliphatic carbocycles. The van der Waals surface area contributed by atoms with Crippen molar-refractivity contribution in [1.29, 1.82) is 0 Å². The van der Waals surface area contributed by atoms with E-state index in [1.807, 2.05) is 0 Å². The molecule has 162 valence electrons. The average molecular weight is 442 g/mol. The van der Waals surface area contributed by atoms with Crippen LogP contribution in [0.2, 0.25) is 0 Å². The molecule has 2 heterocycles. The van der Waals surface area contributed by atoms with Gasteiger partial charge in [-0.15, -0.1) is 11.8 Å². The summed E-state index contributed by atoms with van der Waals surface area (Å²) in [6, 6.07) is 6.59. The standard InChI is InChI=1S/C21H22N4O5S/c1-12(26)13-5-7-15(8-6-13)23-16(27)11-31-18-14(10-30-4)9-22-19-17(18)20(28)25(3)21(29)24(19)2/h5-9H,10-11H2,1-4H3,(H,23,27). The monoisotopic (exact) mass is 442 g/mol. The summed E-state index contributed by atoms with van der Waals surface area (Å²) in [4.78, 5) is 53.7. The van der Waals surface area contributed by atoms with Crippen molar-refractivity contribution in [1.82, 2.24) is 14.1 Å². The number of rotatable bonds is 7. The molecule has 10 heteroatoms. The minimum absolute atomic E-state index is 0.0241. The second kappa shape index (κ2) is 9.27. The average Bonchev–Trinajstić information content (AvgIpc) is 2.75. The van der Waals surface area contributed by atoms with Crippen LogP contribution in [0.25, 0.3) is 11.0 Å². The zero-order valence-electron chi connectivity index (χ0n) is 17.6. The minimum atomic E-state index is -0.480. The number of carbonyl (C=O) groups is 2. The molecule has 9 nitrogen and oxygen atoms in total. The molecule has 0 atom stereocenters. The summed E-state index contributed by atoms with van der Waals surface area (Å²) >= 11 is 1.17. The zero-order chi connectivity index (χ0) is 22.7. The van der Waals surface area contributed by atoms with Gasteiger partial charge in [0.15, 0.2) is 5.78 Å². The Labute approximate surface area is 182 Å². The lowest BCUT2D eigenvalue weighted by molar-refractivity contribution is -0.113. The van der Waals surface area contributed by atoms with Gasteiger partial charge in [0.05, 0.1) is 17.7 Å². The highest BCUT2D eigenvalue weighted by atomic mass is 32.2. The van der Waals surface area contributed by atoms with Gasteiger partial charge in [0.25, 0.3) is 5.56 Å². The van der Waals surface area contributed by atoms with Crippen molar-refractivity contribution in [2.75, 3.05) is 18.2 Å². The first-order valence-electron chi connectivity index (χ1n) is 9.34. The second-order valence-electron chi connectivity index (χ2n) is 6.92. The first-order valence-corrected chi connectivity index (χ1v) is 10.3. The molecule has 2 aromatic heterocycles. The largest absolute Gasteiger partial charge is 0.380 e. The van der Waals surface area contributed by atoms with Gasteiger partial charge < -0.3 is 10.1 Å². The van der Waals surface area contributed by atoms with Crippen LogP contribution in [0, 0.1) is 0 Å². The Morgan fingerprint density at radius 1 is 1.13 bits per heavy atom. The molecule has 0 saturated carbocycles. The maximum Gasteiger partial charge on any atom is 0.332 e. The van der Waals surface area contributed by atoms with Gasteiger partial charge >= 0.3 is 5.69 Å². The highest BCUT2D eigenvalue weighted by Crippen LogP contribution is 2.28. The molecule has 1 aromatic carbocycles. The van der Waals surface area contributed by atoms with E-state index in [9.17, 15) is 19.2 Å². The van der Waals surface area contributed by atoms with Crippen LogP contribution in [0.4, 0.5) is 5.69 Å². The first kappa shape index (κ1) is 22.4. The van der Waals surface area contributed by atoms with E-state index in [1.165, 1.54) is 37.4 Å². The molecular formula is C21H22N4O5S. The van der Waals surface area contributed by atoms with Crippen molar-refractivity contribution in [2.24, 2.45) is 14.1 Å². The summed E-state index contributed by atoms with van der Waals surface area (Å²) in [5, 5.41) is 3.03. The number of anilines is 1. The Morgan fingerprint density at radius 3 is 2.42 bits per heavy atom. The third kappa shape index (κ3) is 4.59. The molecule has 0 radical (unpaired) electrons. The van der Waals surface area contributed by atoms with Gasteiger partial charge in [0.1, 0.15) is 5.65 Å². The number of hydrogen-bond acceptors (Lipinski definition) is 7. The van der Waals surface area contributed by atoms with Crippen molar-refractivity contribution >= 4 is 40.2 Å². The number of benzene rings is 1. The zero-order valence-corrected chi connectivity index (χ0v) is 18.4. The highest BCUT2D eigenvalue weighted by Gasteiger charge is 2.18. The molecule has 0 fully saturated rings. The summed E-state index contributed by atoms with van der Waals surface area (Å²) in [6.07, 6.45) is 1.55.